The van der Waals surface area contributed by atoms with Crippen LogP contribution in [-0.2, 0) is 6.54 Å². The SMILES string of the molecule is COc1cccc(NC(=S)N(CCCN2CCCCCC2)Cc2cccs2)c1. The molecule has 0 spiro atoms. The van der Waals surface area contributed by atoms with Crippen molar-refractivity contribution >= 4 is 34.4 Å². The average molecular weight is 418 g/mol. The van der Waals surface area contributed by atoms with E-state index in [0.717, 1.165) is 42.6 Å². The number of nitrogens with zero attached hydrogens (tertiary/aromatic N) is 2. The second kappa shape index (κ2) is 11.4. The van der Waals surface area contributed by atoms with Crippen molar-refractivity contribution in [3.05, 3.63) is 46.7 Å². The van der Waals surface area contributed by atoms with E-state index in [1.807, 2.05) is 24.3 Å². The summed E-state index contributed by atoms with van der Waals surface area (Å²) in [5.41, 5.74) is 0.966. The van der Waals surface area contributed by atoms with Gasteiger partial charge in [-0.1, -0.05) is 25.0 Å². The summed E-state index contributed by atoms with van der Waals surface area (Å²) >= 11 is 7.55. The van der Waals surface area contributed by atoms with Crippen molar-refractivity contribution in [2.45, 2.75) is 38.6 Å². The number of thiophene rings is 1. The minimum absolute atomic E-state index is 0.775. The monoisotopic (exact) mass is 417 g/mol. The fourth-order valence-electron chi connectivity index (χ4n) is 3.59. The van der Waals surface area contributed by atoms with Crippen LogP contribution < -0.4 is 10.1 Å². The van der Waals surface area contributed by atoms with E-state index in [4.69, 9.17) is 17.0 Å². The summed E-state index contributed by atoms with van der Waals surface area (Å²) in [6.45, 7) is 5.47. The summed E-state index contributed by atoms with van der Waals surface area (Å²) < 4.78 is 5.32. The van der Waals surface area contributed by atoms with E-state index < -0.39 is 0 Å². The maximum atomic E-state index is 5.77. The lowest BCUT2D eigenvalue weighted by molar-refractivity contribution is 0.266. The second-order valence-electron chi connectivity index (χ2n) is 7.27. The highest BCUT2D eigenvalue weighted by Gasteiger charge is 2.14. The van der Waals surface area contributed by atoms with Crippen molar-refractivity contribution in [3.63, 3.8) is 0 Å². The third-order valence-corrected chi connectivity index (χ3v) is 6.36. The zero-order valence-electron chi connectivity index (χ0n) is 16.7. The van der Waals surface area contributed by atoms with Gasteiger partial charge < -0.3 is 19.9 Å². The van der Waals surface area contributed by atoms with E-state index in [1.54, 1.807) is 18.4 Å². The molecule has 2 heterocycles. The number of hydrogen-bond donors (Lipinski definition) is 1. The molecule has 0 atom stereocenters. The van der Waals surface area contributed by atoms with Crippen molar-refractivity contribution in [3.8, 4) is 5.75 Å². The van der Waals surface area contributed by atoms with Crippen LogP contribution in [0.5, 0.6) is 5.75 Å². The Labute approximate surface area is 178 Å². The molecule has 4 nitrogen and oxygen atoms in total. The summed E-state index contributed by atoms with van der Waals surface area (Å²) in [4.78, 5) is 6.25. The molecular weight excluding hydrogens is 386 g/mol. The minimum atomic E-state index is 0.775. The number of nitrogens with one attached hydrogen (secondary N) is 1. The lowest BCUT2D eigenvalue weighted by Crippen LogP contribution is -2.36. The predicted molar refractivity (Wildman–Crippen MR) is 123 cm³/mol. The molecule has 2 aromatic rings. The maximum Gasteiger partial charge on any atom is 0.173 e. The van der Waals surface area contributed by atoms with Gasteiger partial charge in [-0.25, -0.2) is 0 Å². The zero-order valence-corrected chi connectivity index (χ0v) is 18.4. The zero-order chi connectivity index (χ0) is 19.6. The van der Waals surface area contributed by atoms with Crippen LogP contribution in [0.1, 0.15) is 37.0 Å². The van der Waals surface area contributed by atoms with Gasteiger partial charge in [-0.3, -0.25) is 0 Å². The highest BCUT2D eigenvalue weighted by molar-refractivity contribution is 7.80. The fourth-order valence-corrected chi connectivity index (χ4v) is 4.58. The van der Waals surface area contributed by atoms with Crippen LogP contribution in [0.15, 0.2) is 41.8 Å². The van der Waals surface area contributed by atoms with Crippen LogP contribution in [0.2, 0.25) is 0 Å². The van der Waals surface area contributed by atoms with E-state index in [0.29, 0.717) is 0 Å². The molecule has 1 N–H and O–H groups in total. The third-order valence-electron chi connectivity index (χ3n) is 5.14. The second-order valence-corrected chi connectivity index (χ2v) is 8.69. The van der Waals surface area contributed by atoms with Gasteiger partial charge in [-0.2, -0.15) is 0 Å². The first-order valence-corrected chi connectivity index (χ1v) is 11.5. The molecule has 1 aliphatic rings. The first kappa shape index (κ1) is 21.1. The molecule has 1 fully saturated rings. The standard InChI is InChI=1S/C22H31N3OS2/c1-26-20-10-6-9-19(17-20)23-22(27)25(18-21-11-7-16-28-21)15-8-14-24-12-4-2-3-5-13-24/h6-7,9-11,16-17H,2-5,8,12-15,18H2,1H3,(H,23,27). The molecule has 1 aliphatic heterocycles. The molecule has 6 heteroatoms. The van der Waals surface area contributed by atoms with Gasteiger partial charge in [0.1, 0.15) is 5.75 Å². The Hall–Kier alpha value is -1.63. The smallest absolute Gasteiger partial charge is 0.173 e. The lowest BCUT2D eigenvalue weighted by Gasteiger charge is -2.27. The van der Waals surface area contributed by atoms with Gasteiger partial charge in [0.15, 0.2) is 5.11 Å². The Morgan fingerprint density at radius 1 is 1.18 bits per heavy atom. The number of anilines is 1. The molecule has 1 aromatic carbocycles. The quantitative estimate of drug-likeness (QED) is 0.594. The van der Waals surface area contributed by atoms with E-state index in [-0.39, 0.29) is 0 Å². The van der Waals surface area contributed by atoms with Crippen molar-refractivity contribution < 1.29 is 4.74 Å². The van der Waals surface area contributed by atoms with Crippen molar-refractivity contribution in [1.29, 1.82) is 0 Å². The molecule has 0 saturated carbocycles. The van der Waals surface area contributed by atoms with Crippen molar-refractivity contribution in [1.82, 2.24) is 9.80 Å². The first-order chi connectivity index (χ1) is 13.7. The van der Waals surface area contributed by atoms with Crippen LogP contribution >= 0.6 is 23.6 Å². The largest absolute Gasteiger partial charge is 0.497 e. The van der Waals surface area contributed by atoms with Gasteiger partial charge in [0.25, 0.3) is 0 Å². The Balaban J connectivity index is 1.57. The molecule has 0 unspecified atom stereocenters. The van der Waals surface area contributed by atoms with Gasteiger partial charge in [0, 0.05) is 23.2 Å². The van der Waals surface area contributed by atoms with Crippen LogP contribution in [0.25, 0.3) is 0 Å². The van der Waals surface area contributed by atoms with E-state index in [9.17, 15) is 0 Å². The molecule has 1 saturated heterocycles. The molecular formula is C22H31N3OS2. The number of methoxy groups -OCH3 is 1. The summed E-state index contributed by atoms with van der Waals surface area (Å²) in [7, 11) is 1.68. The molecule has 28 heavy (non-hydrogen) atoms. The molecule has 3 rings (SSSR count). The molecule has 0 bridgehead atoms. The number of rotatable bonds is 8. The highest BCUT2D eigenvalue weighted by atomic mass is 32.1. The van der Waals surface area contributed by atoms with Gasteiger partial charge in [-0.05, 0) is 74.7 Å². The molecule has 0 amide bonds. The summed E-state index contributed by atoms with van der Waals surface area (Å²) in [5, 5.41) is 6.30. The number of likely N-dealkylation sites (tertiary alicyclic amines) is 1. The maximum absolute atomic E-state index is 5.77. The number of ether oxygens (including phenoxy) is 1. The third kappa shape index (κ3) is 6.76. The van der Waals surface area contributed by atoms with Gasteiger partial charge in [-0.15, -0.1) is 11.3 Å². The van der Waals surface area contributed by atoms with E-state index in [2.05, 4.69) is 32.6 Å². The van der Waals surface area contributed by atoms with E-state index >= 15 is 0 Å². The summed E-state index contributed by atoms with van der Waals surface area (Å²) in [6.07, 6.45) is 6.58. The Morgan fingerprint density at radius 2 is 2.00 bits per heavy atom. The van der Waals surface area contributed by atoms with Crippen molar-refractivity contribution in [2.24, 2.45) is 0 Å². The highest BCUT2D eigenvalue weighted by Crippen LogP contribution is 2.19. The Bertz CT molecular complexity index is 712. The molecule has 152 valence electrons. The normalized spacial score (nSPS) is 15.0. The summed E-state index contributed by atoms with van der Waals surface area (Å²) in [5.74, 6) is 0.832. The Morgan fingerprint density at radius 3 is 2.71 bits per heavy atom. The lowest BCUT2D eigenvalue weighted by atomic mass is 10.2. The summed E-state index contributed by atoms with van der Waals surface area (Å²) in [6, 6.07) is 12.2. The topological polar surface area (TPSA) is 27.7 Å². The first-order valence-electron chi connectivity index (χ1n) is 10.2. The van der Waals surface area contributed by atoms with Crippen LogP contribution in [0.3, 0.4) is 0 Å². The van der Waals surface area contributed by atoms with E-state index in [1.165, 1.54) is 43.6 Å². The number of benzene rings is 1. The minimum Gasteiger partial charge on any atom is -0.497 e. The fraction of sp³-hybridized carbons (Fsp3) is 0.500. The van der Waals surface area contributed by atoms with Crippen LogP contribution in [-0.4, -0.2) is 48.2 Å². The van der Waals surface area contributed by atoms with Gasteiger partial charge in [0.05, 0.1) is 13.7 Å². The number of hydrogen-bond acceptors (Lipinski definition) is 4. The Kier molecular flexibility index (Phi) is 8.58. The molecule has 0 radical (unpaired) electrons. The van der Waals surface area contributed by atoms with Crippen molar-refractivity contribution in [2.75, 3.05) is 38.6 Å². The van der Waals surface area contributed by atoms with Crippen LogP contribution in [0.4, 0.5) is 5.69 Å². The molecule has 1 aromatic heterocycles. The average Bonchev–Trinajstić information content (AvgIpc) is 3.09. The van der Waals surface area contributed by atoms with Crippen LogP contribution in [0, 0.1) is 0 Å². The van der Waals surface area contributed by atoms with Gasteiger partial charge >= 0.3 is 0 Å². The number of thiocarbonyl (C=S) groups is 1. The predicted octanol–water partition coefficient (Wildman–Crippen LogP) is 5.22. The van der Waals surface area contributed by atoms with Gasteiger partial charge in [0.2, 0.25) is 0 Å². The molecule has 0 aliphatic carbocycles.